The van der Waals surface area contributed by atoms with Gasteiger partial charge in [-0.1, -0.05) is 31.5 Å². The zero-order chi connectivity index (χ0) is 19.2. The molecule has 0 radical (unpaired) electrons. The van der Waals surface area contributed by atoms with Crippen LogP contribution in [0.2, 0.25) is 5.02 Å². The van der Waals surface area contributed by atoms with Gasteiger partial charge < -0.3 is 5.32 Å². The molecule has 6 nitrogen and oxygen atoms in total. The lowest BCUT2D eigenvalue weighted by molar-refractivity contribution is -0.116. The van der Waals surface area contributed by atoms with Crippen LogP contribution < -0.4 is 5.32 Å². The van der Waals surface area contributed by atoms with Gasteiger partial charge >= 0.3 is 0 Å². The number of aromatic nitrogens is 1. The smallest absolute Gasteiger partial charge is 0.244 e. The van der Waals surface area contributed by atoms with Crippen molar-refractivity contribution in [1.29, 1.82) is 0 Å². The van der Waals surface area contributed by atoms with Crippen LogP contribution in [0, 0.1) is 0 Å². The number of nitrogens with one attached hydrogen (secondary N) is 1. The molecule has 0 bridgehead atoms. The van der Waals surface area contributed by atoms with E-state index in [9.17, 15) is 13.2 Å². The van der Waals surface area contributed by atoms with Gasteiger partial charge in [-0.3, -0.25) is 9.78 Å². The molecule has 1 aromatic heterocycles. The van der Waals surface area contributed by atoms with Crippen LogP contribution in [0.3, 0.4) is 0 Å². The van der Waals surface area contributed by atoms with E-state index in [4.69, 9.17) is 11.6 Å². The first-order chi connectivity index (χ1) is 12.4. The number of sulfonamides is 1. The van der Waals surface area contributed by atoms with Gasteiger partial charge in [0.1, 0.15) is 4.90 Å². The number of aryl methyl sites for hydroxylation is 1. The largest absolute Gasteiger partial charge is 0.326 e. The summed E-state index contributed by atoms with van der Waals surface area (Å²) in [6, 6.07) is 8.19. The number of hydrogen-bond acceptors (Lipinski definition) is 4. The van der Waals surface area contributed by atoms with Gasteiger partial charge in [0.2, 0.25) is 15.9 Å². The molecule has 2 aromatic rings. The molecule has 1 N–H and O–H groups in total. The number of carbonyl (C=O) groups excluding carboxylic acids is 1. The van der Waals surface area contributed by atoms with Crippen LogP contribution in [0.4, 0.5) is 5.69 Å². The number of anilines is 1. The molecule has 1 heterocycles. The molecular weight excluding hydrogens is 374 g/mol. The van der Waals surface area contributed by atoms with Crippen LogP contribution in [-0.2, 0) is 21.2 Å². The summed E-state index contributed by atoms with van der Waals surface area (Å²) in [6.45, 7) is 4.21. The van der Waals surface area contributed by atoms with E-state index in [1.54, 1.807) is 32.3 Å². The van der Waals surface area contributed by atoms with Crippen LogP contribution in [0.1, 0.15) is 25.8 Å². The monoisotopic (exact) mass is 395 g/mol. The van der Waals surface area contributed by atoms with Gasteiger partial charge in [0.05, 0.1) is 5.02 Å². The first-order valence-electron chi connectivity index (χ1n) is 8.37. The zero-order valence-electron chi connectivity index (χ0n) is 14.8. The SMILES string of the molecule is CCN(CC)S(=O)(=O)c1cc(NC(=O)CCc2cccnc2)ccc1Cl. The highest BCUT2D eigenvalue weighted by Crippen LogP contribution is 2.27. The lowest BCUT2D eigenvalue weighted by Gasteiger charge is -2.19. The van der Waals surface area contributed by atoms with Gasteiger partial charge in [-0.05, 0) is 36.2 Å². The summed E-state index contributed by atoms with van der Waals surface area (Å²) in [5, 5.41) is 2.86. The van der Waals surface area contributed by atoms with Crippen molar-refractivity contribution >= 4 is 33.2 Å². The van der Waals surface area contributed by atoms with Gasteiger partial charge in [0.15, 0.2) is 0 Å². The van der Waals surface area contributed by atoms with Crippen molar-refractivity contribution in [2.75, 3.05) is 18.4 Å². The van der Waals surface area contributed by atoms with E-state index in [1.807, 2.05) is 12.1 Å². The zero-order valence-corrected chi connectivity index (χ0v) is 16.3. The predicted octanol–water partition coefficient (Wildman–Crippen LogP) is 3.34. The molecule has 0 atom stereocenters. The summed E-state index contributed by atoms with van der Waals surface area (Å²) in [7, 11) is -3.70. The maximum Gasteiger partial charge on any atom is 0.244 e. The normalized spacial score (nSPS) is 11.5. The van der Waals surface area contributed by atoms with Gasteiger partial charge in [-0.2, -0.15) is 4.31 Å². The standard InChI is InChI=1S/C18H22ClN3O3S/c1-3-22(4-2)26(24,25)17-12-15(8-9-16(17)19)21-18(23)10-7-14-6-5-11-20-13-14/h5-6,8-9,11-13H,3-4,7,10H2,1-2H3,(H,21,23). The van der Waals surface area contributed by atoms with Crippen molar-refractivity contribution in [3.63, 3.8) is 0 Å². The summed E-state index contributed by atoms with van der Waals surface area (Å²) >= 11 is 6.09. The number of rotatable bonds is 8. The fourth-order valence-electron chi connectivity index (χ4n) is 2.51. The molecule has 0 aliphatic heterocycles. The van der Waals surface area contributed by atoms with Crippen LogP contribution in [0.5, 0.6) is 0 Å². The molecule has 140 valence electrons. The Balaban J connectivity index is 2.12. The fraction of sp³-hybridized carbons (Fsp3) is 0.333. The molecule has 1 amide bonds. The van der Waals surface area contributed by atoms with Crippen molar-refractivity contribution in [3.05, 3.63) is 53.3 Å². The minimum absolute atomic E-state index is 0.00655. The van der Waals surface area contributed by atoms with Crippen molar-refractivity contribution in [2.45, 2.75) is 31.6 Å². The lowest BCUT2D eigenvalue weighted by Crippen LogP contribution is -2.30. The number of halogens is 1. The topological polar surface area (TPSA) is 79.4 Å². The summed E-state index contributed by atoms with van der Waals surface area (Å²) in [5.41, 5.74) is 1.36. The molecule has 26 heavy (non-hydrogen) atoms. The van der Waals surface area contributed by atoms with Crippen molar-refractivity contribution < 1.29 is 13.2 Å². The van der Waals surface area contributed by atoms with Gasteiger partial charge in [-0.25, -0.2) is 8.42 Å². The Morgan fingerprint density at radius 2 is 1.96 bits per heavy atom. The van der Waals surface area contributed by atoms with E-state index in [0.29, 0.717) is 25.2 Å². The number of nitrogens with zero attached hydrogens (tertiary/aromatic N) is 2. The molecule has 0 aliphatic carbocycles. The first kappa shape index (κ1) is 20.4. The van der Waals surface area contributed by atoms with Crippen LogP contribution in [-0.4, -0.2) is 36.7 Å². The highest BCUT2D eigenvalue weighted by molar-refractivity contribution is 7.89. The van der Waals surface area contributed by atoms with Crippen LogP contribution in [0.15, 0.2) is 47.6 Å². The molecule has 0 unspecified atom stereocenters. The minimum atomic E-state index is -3.70. The third kappa shape index (κ3) is 5.03. The summed E-state index contributed by atoms with van der Waals surface area (Å²) in [4.78, 5) is 16.2. The Labute approximate surface area is 159 Å². The second-order valence-electron chi connectivity index (χ2n) is 5.64. The number of carbonyl (C=O) groups is 1. The Hall–Kier alpha value is -1.96. The fourth-order valence-corrected chi connectivity index (χ4v) is 4.47. The Morgan fingerprint density at radius 1 is 1.23 bits per heavy atom. The predicted molar refractivity (Wildman–Crippen MR) is 103 cm³/mol. The number of benzene rings is 1. The van der Waals surface area contributed by atoms with E-state index in [-0.39, 0.29) is 22.2 Å². The minimum Gasteiger partial charge on any atom is -0.326 e. The van der Waals surface area contributed by atoms with Crippen molar-refractivity contribution in [1.82, 2.24) is 9.29 Å². The van der Waals surface area contributed by atoms with E-state index in [0.717, 1.165) is 5.56 Å². The van der Waals surface area contributed by atoms with Crippen LogP contribution in [0.25, 0.3) is 0 Å². The molecule has 1 aromatic carbocycles. The maximum absolute atomic E-state index is 12.7. The molecule has 0 saturated carbocycles. The molecule has 8 heteroatoms. The van der Waals surface area contributed by atoms with Crippen LogP contribution >= 0.6 is 11.6 Å². The van der Waals surface area contributed by atoms with E-state index in [2.05, 4.69) is 10.3 Å². The summed E-state index contributed by atoms with van der Waals surface area (Å²) < 4.78 is 26.7. The highest BCUT2D eigenvalue weighted by atomic mass is 35.5. The van der Waals surface area contributed by atoms with Gasteiger partial charge in [-0.15, -0.1) is 0 Å². The molecule has 0 aliphatic rings. The second kappa shape index (κ2) is 9.12. The summed E-state index contributed by atoms with van der Waals surface area (Å²) in [6.07, 6.45) is 4.21. The molecule has 0 saturated heterocycles. The molecule has 0 fully saturated rings. The molecular formula is C18H22ClN3O3S. The van der Waals surface area contributed by atoms with E-state index >= 15 is 0 Å². The molecule has 2 rings (SSSR count). The highest BCUT2D eigenvalue weighted by Gasteiger charge is 2.24. The Bertz CT molecular complexity index is 853. The number of amides is 1. The first-order valence-corrected chi connectivity index (χ1v) is 10.2. The summed E-state index contributed by atoms with van der Waals surface area (Å²) in [5.74, 6) is -0.206. The Kier molecular flexibility index (Phi) is 7.14. The van der Waals surface area contributed by atoms with E-state index in [1.165, 1.54) is 16.4 Å². The average molecular weight is 396 g/mol. The van der Waals surface area contributed by atoms with Crippen molar-refractivity contribution in [2.24, 2.45) is 0 Å². The maximum atomic E-state index is 12.7. The molecule has 0 spiro atoms. The Morgan fingerprint density at radius 3 is 2.58 bits per heavy atom. The number of hydrogen-bond donors (Lipinski definition) is 1. The lowest BCUT2D eigenvalue weighted by atomic mass is 10.1. The second-order valence-corrected chi connectivity index (χ2v) is 7.96. The number of pyridine rings is 1. The van der Waals surface area contributed by atoms with Crippen molar-refractivity contribution in [3.8, 4) is 0 Å². The van der Waals surface area contributed by atoms with Gasteiger partial charge in [0.25, 0.3) is 0 Å². The van der Waals surface area contributed by atoms with E-state index < -0.39 is 10.0 Å². The average Bonchev–Trinajstić information content (AvgIpc) is 2.63. The third-order valence-corrected chi connectivity index (χ3v) is 6.43. The third-order valence-electron chi connectivity index (χ3n) is 3.90. The van der Waals surface area contributed by atoms with Gasteiger partial charge in [0, 0.05) is 37.6 Å². The quantitative estimate of drug-likeness (QED) is 0.743.